The molecule has 3 fully saturated rings. The van der Waals surface area contributed by atoms with E-state index in [4.69, 9.17) is 5.11 Å². The molecule has 3 aliphatic heterocycles. The molecule has 0 aliphatic carbocycles. The number of pyridine rings is 1. The van der Waals surface area contributed by atoms with Gasteiger partial charge < -0.3 is 10.0 Å². The minimum absolute atomic E-state index is 0.0122. The van der Waals surface area contributed by atoms with Crippen molar-refractivity contribution in [1.29, 1.82) is 0 Å². The Morgan fingerprint density at radius 1 is 1.35 bits per heavy atom. The Bertz CT molecular complexity index is 565. The lowest BCUT2D eigenvalue weighted by atomic mass is 9.85. The van der Waals surface area contributed by atoms with Crippen molar-refractivity contribution < 1.29 is 13.5 Å². The fourth-order valence-electron chi connectivity index (χ4n) is 3.02. The highest BCUT2D eigenvalue weighted by Gasteiger charge is 2.36. The van der Waals surface area contributed by atoms with Crippen LogP contribution in [-0.2, 0) is 16.6 Å². The molecule has 4 rings (SSSR count). The van der Waals surface area contributed by atoms with Crippen LogP contribution in [0.5, 0.6) is 0 Å². The van der Waals surface area contributed by atoms with Gasteiger partial charge in [0.05, 0.1) is 6.61 Å². The third-order valence-electron chi connectivity index (χ3n) is 4.22. The Morgan fingerprint density at radius 2 is 2.10 bits per heavy atom. The molecule has 2 N–H and O–H groups in total. The zero-order valence-electron chi connectivity index (χ0n) is 11.2. The lowest BCUT2D eigenvalue weighted by Gasteiger charge is -2.44. The van der Waals surface area contributed by atoms with Gasteiger partial charge in [0.1, 0.15) is 0 Å². The molecule has 1 aromatic rings. The molecule has 0 radical (unpaired) electrons. The highest BCUT2D eigenvalue weighted by atomic mass is 32.2. The van der Waals surface area contributed by atoms with Crippen molar-refractivity contribution >= 4 is 10.0 Å². The third kappa shape index (κ3) is 2.71. The van der Waals surface area contributed by atoms with Gasteiger partial charge in [-0.05, 0) is 43.5 Å². The number of aliphatic hydroxyl groups excluding tert-OH is 1. The number of aromatic nitrogens is 1. The van der Waals surface area contributed by atoms with Crippen LogP contribution in [0.3, 0.4) is 0 Å². The molecular formula is C13H19N3O3S. The molecule has 7 heteroatoms. The predicted octanol–water partition coefficient (Wildman–Crippen LogP) is -0.0536. The summed E-state index contributed by atoms with van der Waals surface area (Å²) < 4.78 is 27.4. The maximum atomic E-state index is 12.3. The number of sulfonamides is 1. The summed E-state index contributed by atoms with van der Waals surface area (Å²) in [4.78, 5) is 6.23. The summed E-state index contributed by atoms with van der Waals surface area (Å²) >= 11 is 0. The molecule has 6 nitrogen and oxygen atoms in total. The standard InChI is InChI=1S/C13H19N3O3S/c17-9-10-1-2-13(14-7-10)20(18,19)15-12-8-16-5-3-11(12)4-6-16/h1-2,7,11-12,15,17H,3-6,8-9H2. The minimum Gasteiger partial charge on any atom is -0.392 e. The second-order valence-electron chi connectivity index (χ2n) is 5.53. The highest BCUT2D eigenvalue weighted by molar-refractivity contribution is 7.89. The number of hydrogen-bond donors (Lipinski definition) is 2. The van der Waals surface area contributed by atoms with Crippen LogP contribution in [0.1, 0.15) is 18.4 Å². The van der Waals surface area contributed by atoms with E-state index in [-0.39, 0.29) is 17.7 Å². The number of hydrogen-bond acceptors (Lipinski definition) is 5. The Kier molecular flexibility index (Phi) is 3.76. The van der Waals surface area contributed by atoms with Crippen LogP contribution in [0.2, 0.25) is 0 Å². The van der Waals surface area contributed by atoms with Gasteiger partial charge in [0.25, 0.3) is 10.0 Å². The first-order chi connectivity index (χ1) is 9.58. The van der Waals surface area contributed by atoms with Gasteiger partial charge in [0, 0.05) is 18.8 Å². The van der Waals surface area contributed by atoms with Crippen LogP contribution >= 0.6 is 0 Å². The van der Waals surface area contributed by atoms with E-state index in [0.29, 0.717) is 11.5 Å². The van der Waals surface area contributed by atoms with Crippen LogP contribution in [0.4, 0.5) is 0 Å². The van der Waals surface area contributed by atoms with Gasteiger partial charge >= 0.3 is 0 Å². The molecule has 0 amide bonds. The molecule has 1 atom stereocenters. The summed E-state index contributed by atoms with van der Waals surface area (Å²) in [6.45, 7) is 2.80. The Labute approximate surface area is 118 Å². The SMILES string of the molecule is O=S(=O)(NC1CN2CCC1CC2)c1ccc(CO)cn1. The molecule has 0 spiro atoms. The van der Waals surface area contributed by atoms with Crippen molar-refractivity contribution in [3.8, 4) is 0 Å². The minimum atomic E-state index is -3.58. The van der Waals surface area contributed by atoms with Crippen molar-refractivity contribution in [2.24, 2.45) is 5.92 Å². The molecule has 1 unspecified atom stereocenters. The van der Waals surface area contributed by atoms with Crippen molar-refractivity contribution in [2.45, 2.75) is 30.5 Å². The Hall–Kier alpha value is -1.02. The number of rotatable bonds is 4. The maximum absolute atomic E-state index is 12.3. The number of piperidine rings is 3. The van der Waals surface area contributed by atoms with Crippen LogP contribution < -0.4 is 4.72 Å². The van der Waals surface area contributed by atoms with E-state index in [1.807, 2.05) is 0 Å². The second kappa shape index (κ2) is 5.40. The van der Waals surface area contributed by atoms with Crippen molar-refractivity contribution in [1.82, 2.24) is 14.6 Å². The van der Waals surface area contributed by atoms with Gasteiger partial charge in [-0.1, -0.05) is 6.07 Å². The zero-order valence-corrected chi connectivity index (χ0v) is 12.0. The summed E-state index contributed by atoms with van der Waals surface area (Å²) in [7, 11) is -3.58. The summed E-state index contributed by atoms with van der Waals surface area (Å²) in [6.07, 6.45) is 3.51. The number of nitrogens with zero attached hydrogens (tertiary/aromatic N) is 2. The largest absolute Gasteiger partial charge is 0.392 e. The van der Waals surface area contributed by atoms with E-state index < -0.39 is 10.0 Å². The van der Waals surface area contributed by atoms with Gasteiger partial charge in [-0.2, -0.15) is 0 Å². The van der Waals surface area contributed by atoms with Crippen molar-refractivity contribution in [2.75, 3.05) is 19.6 Å². The number of aliphatic hydroxyl groups is 1. The van der Waals surface area contributed by atoms with Crippen LogP contribution in [-0.4, -0.2) is 49.1 Å². The highest BCUT2D eigenvalue weighted by Crippen LogP contribution is 2.28. The topological polar surface area (TPSA) is 82.5 Å². The van der Waals surface area contributed by atoms with Gasteiger partial charge in [-0.25, -0.2) is 18.1 Å². The van der Waals surface area contributed by atoms with E-state index in [1.54, 1.807) is 6.07 Å². The summed E-state index contributed by atoms with van der Waals surface area (Å²) in [5.74, 6) is 0.437. The fourth-order valence-corrected chi connectivity index (χ4v) is 4.25. The molecule has 0 aromatic carbocycles. The van der Waals surface area contributed by atoms with Gasteiger partial charge in [-0.15, -0.1) is 0 Å². The van der Waals surface area contributed by atoms with E-state index in [0.717, 1.165) is 32.5 Å². The van der Waals surface area contributed by atoms with Crippen LogP contribution in [0.15, 0.2) is 23.4 Å². The van der Waals surface area contributed by atoms with E-state index in [9.17, 15) is 8.42 Å². The first kappa shape index (κ1) is 13.9. The first-order valence-corrected chi connectivity index (χ1v) is 8.37. The smallest absolute Gasteiger partial charge is 0.258 e. The lowest BCUT2D eigenvalue weighted by Crippen LogP contribution is -2.57. The fraction of sp³-hybridized carbons (Fsp3) is 0.615. The number of nitrogens with one attached hydrogen (secondary N) is 1. The molecule has 0 saturated carbocycles. The molecule has 4 heterocycles. The molecule has 110 valence electrons. The van der Waals surface area contributed by atoms with Crippen molar-refractivity contribution in [3.63, 3.8) is 0 Å². The van der Waals surface area contributed by atoms with Crippen molar-refractivity contribution in [3.05, 3.63) is 23.9 Å². The normalized spacial score (nSPS) is 29.6. The van der Waals surface area contributed by atoms with Gasteiger partial charge in [0.15, 0.2) is 5.03 Å². The summed E-state index contributed by atoms with van der Waals surface area (Å²) in [5.41, 5.74) is 0.604. The Balaban J connectivity index is 1.74. The second-order valence-corrected chi connectivity index (χ2v) is 7.19. The predicted molar refractivity (Wildman–Crippen MR) is 73.4 cm³/mol. The molecule has 1 aromatic heterocycles. The average molecular weight is 297 g/mol. The van der Waals surface area contributed by atoms with Gasteiger partial charge in [-0.3, -0.25) is 0 Å². The molecular weight excluding hydrogens is 278 g/mol. The Morgan fingerprint density at radius 3 is 2.60 bits per heavy atom. The number of fused-ring (bicyclic) bond motifs is 3. The van der Waals surface area contributed by atoms with Crippen LogP contribution in [0.25, 0.3) is 0 Å². The van der Waals surface area contributed by atoms with E-state index in [2.05, 4.69) is 14.6 Å². The summed E-state index contributed by atoms with van der Waals surface area (Å²) in [5, 5.41) is 8.97. The quantitative estimate of drug-likeness (QED) is 0.814. The first-order valence-electron chi connectivity index (χ1n) is 6.89. The lowest BCUT2D eigenvalue weighted by molar-refractivity contribution is 0.0826. The van der Waals surface area contributed by atoms with E-state index >= 15 is 0 Å². The van der Waals surface area contributed by atoms with E-state index in [1.165, 1.54) is 12.3 Å². The molecule has 2 bridgehead atoms. The maximum Gasteiger partial charge on any atom is 0.258 e. The van der Waals surface area contributed by atoms with Gasteiger partial charge in [0.2, 0.25) is 0 Å². The molecule has 3 saturated heterocycles. The summed E-state index contributed by atoms with van der Waals surface area (Å²) in [6, 6.07) is 3.01. The zero-order chi connectivity index (χ0) is 14.2. The van der Waals surface area contributed by atoms with Crippen LogP contribution in [0, 0.1) is 5.92 Å². The molecule has 20 heavy (non-hydrogen) atoms. The third-order valence-corrected chi connectivity index (χ3v) is 5.62. The average Bonchev–Trinajstić information content (AvgIpc) is 2.48. The monoisotopic (exact) mass is 297 g/mol. The molecule has 3 aliphatic rings.